The molecular weight excluding hydrogens is 246 g/mol. The lowest BCUT2D eigenvalue weighted by Crippen LogP contribution is -2.13. The van der Waals surface area contributed by atoms with Gasteiger partial charge in [0.15, 0.2) is 0 Å². The maximum atomic E-state index is 11.8. The largest absolute Gasteiger partial charge is 0.460 e. The average Bonchev–Trinajstić information content (AvgIpc) is 3.04. The van der Waals surface area contributed by atoms with Crippen LogP contribution in [0, 0.1) is 0 Å². The molecule has 1 aliphatic heterocycles. The van der Waals surface area contributed by atoms with E-state index in [1.807, 2.05) is 6.92 Å². The quantitative estimate of drug-likeness (QED) is 0.767. The number of hydrogen-bond donors (Lipinski definition) is 0. The van der Waals surface area contributed by atoms with Gasteiger partial charge in [0.1, 0.15) is 0 Å². The fourth-order valence-corrected chi connectivity index (χ4v) is 2.46. The highest BCUT2D eigenvalue weighted by Crippen LogP contribution is 2.33. The van der Waals surface area contributed by atoms with Gasteiger partial charge in [-0.25, -0.2) is 9.78 Å². The summed E-state index contributed by atoms with van der Waals surface area (Å²) in [7, 11) is 0. The summed E-state index contributed by atoms with van der Waals surface area (Å²) in [6, 6.07) is 0. The molecule has 1 aliphatic rings. The zero-order valence-electron chi connectivity index (χ0n) is 11.8. The smallest absolute Gasteiger partial charge is 0.376 e. The number of aryl methyl sites for hydroxylation is 1. The second kappa shape index (κ2) is 6.19. The van der Waals surface area contributed by atoms with Crippen LogP contribution in [0.25, 0.3) is 0 Å². The molecule has 106 valence electrons. The molecule has 2 atom stereocenters. The monoisotopic (exact) mass is 267 g/mol. The lowest BCUT2D eigenvalue weighted by Gasteiger charge is -2.12. The molecule has 19 heavy (non-hydrogen) atoms. The fourth-order valence-electron chi connectivity index (χ4n) is 2.46. The summed E-state index contributed by atoms with van der Waals surface area (Å²) in [6.45, 7) is 6.87. The van der Waals surface area contributed by atoms with Crippen LogP contribution in [-0.4, -0.2) is 30.3 Å². The molecule has 1 aromatic heterocycles. The number of rotatable bonds is 5. The molecule has 0 radical (unpaired) electrons. The Morgan fingerprint density at radius 3 is 2.84 bits per heavy atom. The fraction of sp³-hybridized carbons (Fsp3) is 0.714. The van der Waals surface area contributed by atoms with E-state index in [9.17, 15) is 4.79 Å². The van der Waals surface area contributed by atoms with E-state index in [4.69, 9.17) is 13.9 Å². The lowest BCUT2D eigenvalue weighted by atomic mass is 10.00. The number of esters is 1. The summed E-state index contributed by atoms with van der Waals surface area (Å²) in [6.07, 6.45) is 2.61. The normalized spacial score (nSPS) is 22.7. The second-order valence-corrected chi connectivity index (χ2v) is 4.61. The van der Waals surface area contributed by atoms with Gasteiger partial charge in [0.25, 0.3) is 0 Å². The standard InChI is InChI=1S/C14H21NO4/c1-4-10-12(14(16)17-6-3)19-13(15-10)9-7-8-18-11(9)5-2/h9,11H,4-8H2,1-3H3. The maximum absolute atomic E-state index is 11.8. The van der Waals surface area contributed by atoms with Gasteiger partial charge in [-0.05, 0) is 26.2 Å². The molecule has 1 aromatic rings. The summed E-state index contributed by atoms with van der Waals surface area (Å²) < 4.78 is 16.3. The van der Waals surface area contributed by atoms with Gasteiger partial charge in [-0.1, -0.05) is 13.8 Å². The number of carbonyl (C=O) groups is 1. The van der Waals surface area contributed by atoms with Crippen LogP contribution in [0.4, 0.5) is 0 Å². The van der Waals surface area contributed by atoms with E-state index in [2.05, 4.69) is 11.9 Å². The average molecular weight is 267 g/mol. The highest BCUT2D eigenvalue weighted by Gasteiger charge is 2.34. The molecule has 2 rings (SSSR count). The summed E-state index contributed by atoms with van der Waals surface area (Å²) >= 11 is 0. The second-order valence-electron chi connectivity index (χ2n) is 4.61. The van der Waals surface area contributed by atoms with Gasteiger partial charge in [0.2, 0.25) is 11.7 Å². The third kappa shape index (κ3) is 2.81. The van der Waals surface area contributed by atoms with Gasteiger partial charge in [0.05, 0.1) is 24.3 Å². The van der Waals surface area contributed by atoms with Crippen molar-refractivity contribution >= 4 is 5.97 Å². The predicted octanol–water partition coefficient (Wildman–Crippen LogP) is 2.70. The van der Waals surface area contributed by atoms with Crippen LogP contribution in [0.5, 0.6) is 0 Å². The molecular formula is C14H21NO4. The van der Waals surface area contributed by atoms with Crippen LogP contribution in [0.2, 0.25) is 0 Å². The van der Waals surface area contributed by atoms with Crippen LogP contribution < -0.4 is 0 Å². The molecule has 0 saturated carbocycles. The first-order chi connectivity index (χ1) is 9.21. The summed E-state index contributed by atoms with van der Waals surface area (Å²) in [5.41, 5.74) is 0.676. The first-order valence-electron chi connectivity index (χ1n) is 6.99. The van der Waals surface area contributed by atoms with Crippen molar-refractivity contribution in [2.45, 2.75) is 52.1 Å². The van der Waals surface area contributed by atoms with Gasteiger partial charge >= 0.3 is 5.97 Å². The SMILES string of the molecule is CCOC(=O)c1oc(C2CCOC2CC)nc1CC. The van der Waals surface area contributed by atoms with E-state index in [0.717, 1.165) is 19.4 Å². The van der Waals surface area contributed by atoms with Crippen molar-refractivity contribution < 1.29 is 18.7 Å². The molecule has 2 heterocycles. The van der Waals surface area contributed by atoms with Crippen molar-refractivity contribution in [2.24, 2.45) is 0 Å². The van der Waals surface area contributed by atoms with E-state index < -0.39 is 5.97 Å². The predicted molar refractivity (Wildman–Crippen MR) is 69.2 cm³/mol. The van der Waals surface area contributed by atoms with Gasteiger partial charge in [-0.3, -0.25) is 0 Å². The maximum Gasteiger partial charge on any atom is 0.376 e. The van der Waals surface area contributed by atoms with Crippen LogP contribution in [0.15, 0.2) is 4.42 Å². The first kappa shape index (κ1) is 14.1. The van der Waals surface area contributed by atoms with E-state index in [1.165, 1.54) is 0 Å². The number of oxazole rings is 1. The Kier molecular flexibility index (Phi) is 4.58. The summed E-state index contributed by atoms with van der Waals surface area (Å²) in [5, 5.41) is 0. The Morgan fingerprint density at radius 1 is 1.42 bits per heavy atom. The minimum Gasteiger partial charge on any atom is -0.460 e. The molecule has 5 nitrogen and oxygen atoms in total. The third-order valence-corrected chi connectivity index (χ3v) is 3.44. The van der Waals surface area contributed by atoms with Crippen LogP contribution in [0.3, 0.4) is 0 Å². The third-order valence-electron chi connectivity index (χ3n) is 3.44. The van der Waals surface area contributed by atoms with Gasteiger partial charge < -0.3 is 13.9 Å². The summed E-state index contributed by atoms with van der Waals surface area (Å²) in [5.74, 6) is 0.592. The van der Waals surface area contributed by atoms with Crippen molar-refractivity contribution in [1.29, 1.82) is 0 Å². The molecule has 0 amide bonds. The van der Waals surface area contributed by atoms with Crippen LogP contribution in [0.1, 0.15) is 61.7 Å². The van der Waals surface area contributed by atoms with Crippen molar-refractivity contribution in [3.05, 3.63) is 17.3 Å². The Balaban J connectivity index is 2.25. The summed E-state index contributed by atoms with van der Waals surface area (Å²) in [4.78, 5) is 16.3. The van der Waals surface area contributed by atoms with E-state index in [0.29, 0.717) is 24.6 Å². The van der Waals surface area contributed by atoms with E-state index in [1.54, 1.807) is 6.92 Å². The van der Waals surface area contributed by atoms with Gasteiger partial charge in [-0.15, -0.1) is 0 Å². The number of carbonyl (C=O) groups excluding carboxylic acids is 1. The zero-order chi connectivity index (χ0) is 13.8. The van der Waals surface area contributed by atoms with Crippen molar-refractivity contribution in [2.75, 3.05) is 13.2 Å². The van der Waals surface area contributed by atoms with E-state index >= 15 is 0 Å². The highest BCUT2D eigenvalue weighted by atomic mass is 16.5. The molecule has 1 saturated heterocycles. The topological polar surface area (TPSA) is 61.6 Å². The minimum atomic E-state index is -0.426. The number of hydrogen-bond acceptors (Lipinski definition) is 5. The Morgan fingerprint density at radius 2 is 2.21 bits per heavy atom. The molecule has 0 spiro atoms. The molecule has 1 fully saturated rings. The molecule has 2 unspecified atom stereocenters. The number of nitrogens with zero attached hydrogens (tertiary/aromatic N) is 1. The molecule has 5 heteroatoms. The minimum absolute atomic E-state index is 0.137. The molecule has 0 bridgehead atoms. The van der Waals surface area contributed by atoms with Crippen molar-refractivity contribution in [1.82, 2.24) is 4.98 Å². The Hall–Kier alpha value is -1.36. The zero-order valence-corrected chi connectivity index (χ0v) is 11.8. The van der Waals surface area contributed by atoms with Gasteiger partial charge in [-0.2, -0.15) is 0 Å². The van der Waals surface area contributed by atoms with Gasteiger partial charge in [0, 0.05) is 6.61 Å². The lowest BCUT2D eigenvalue weighted by molar-refractivity contribution is 0.0482. The van der Waals surface area contributed by atoms with Crippen molar-refractivity contribution in [3.63, 3.8) is 0 Å². The Bertz CT molecular complexity index is 441. The Labute approximate surface area is 113 Å². The highest BCUT2D eigenvalue weighted by molar-refractivity contribution is 5.87. The number of aromatic nitrogens is 1. The van der Waals surface area contributed by atoms with Crippen molar-refractivity contribution in [3.8, 4) is 0 Å². The molecule has 0 aromatic carbocycles. The molecule has 0 aliphatic carbocycles. The van der Waals surface area contributed by atoms with Crippen LogP contribution in [-0.2, 0) is 15.9 Å². The molecule has 0 N–H and O–H groups in total. The van der Waals surface area contributed by atoms with Crippen LogP contribution >= 0.6 is 0 Å². The first-order valence-corrected chi connectivity index (χ1v) is 6.99. The van der Waals surface area contributed by atoms with E-state index in [-0.39, 0.29) is 17.8 Å². The number of ether oxygens (including phenoxy) is 2.